The number of hydrogen-bond acceptors (Lipinski definition) is 6. The molecule has 33 heavy (non-hydrogen) atoms. The van der Waals surface area contributed by atoms with E-state index in [1.54, 1.807) is 4.90 Å². The molecule has 0 radical (unpaired) electrons. The number of carbonyl (C=O) groups is 3. The summed E-state index contributed by atoms with van der Waals surface area (Å²) in [6.45, 7) is 0.914. The highest BCUT2D eigenvalue weighted by Crippen LogP contribution is 2.38. The van der Waals surface area contributed by atoms with Crippen LogP contribution in [0.15, 0.2) is 53.4 Å². The van der Waals surface area contributed by atoms with E-state index in [1.165, 1.54) is 52.8 Å². The van der Waals surface area contributed by atoms with Crippen LogP contribution in [0.4, 0.5) is 0 Å². The van der Waals surface area contributed by atoms with Crippen LogP contribution in [0.1, 0.15) is 43.9 Å². The summed E-state index contributed by atoms with van der Waals surface area (Å²) < 4.78 is 33.8. The van der Waals surface area contributed by atoms with Crippen LogP contribution in [-0.4, -0.2) is 77.6 Å². The molecule has 2 aliphatic rings. The van der Waals surface area contributed by atoms with Crippen LogP contribution in [0.3, 0.4) is 0 Å². The number of carboxylic acids is 2. The number of amides is 1. The second kappa shape index (κ2) is 8.58. The largest absolute Gasteiger partial charge is 0.478 e. The fourth-order valence-corrected chi connectivity index (χ4v) is 5.94. The SMILES string of the molecule is O=C(O)c1ccc(C(=O)N2CCC3(CC2)OCCN3S(=O)(=O)c2ccc(C(=O)O)cc2)cc1. The Morgan fingerprint density at radius 2 is 1.27 bits per heavy atom. The van der Waals surface area contributed by atoms with Gasteiger partial charge in [0.2, 0.25) is 10.0 Å². The van der Waals surface area contributed by atoms with Gasteiger partial charge in [0.15, 0.2) is 0 Å². The summed E-state index contributed by atoms with van der Waals surface area (Å²) in [5, 5.41) is 18.0. The van der Waals surface area contributed by atoms with Gasteiger partial charge in [-0.2, -0.15) is 4.31 Å². The van der Waals surface area contributed by atoms with Crippen LogP contribution in [0.25, 0.3) is 0 Å². The van der Waals surface area contributed by atoms with Crippen molar-refractivity contribution in [3.63, 3.8) is 0 Å². The Morgan fingerprint density at radius 3 is 1.79 bits per heavy atom. The van der Waals surface area contributed by atoms with E-state index in [2.05, 4.69) is 0 Å². The molecule has 0 atom stereocenters. The maximum atomic E-state index is 13.3. The lowest BCUT2D eigenvalue weighted by molar-refractivity contribution is -0.0857. The Morgan fingerprint density at radius 1 is 0.788 bits per heavy atom. The molecule has 1 spiro atoms. The fraction of sp³-hybridized carbons (Fsp3) is 0.318. The minimum Gasteiger partial charge on any atom is -0.478 e. The Hall–Kier alpha value is -3.28. The zero-order valence-corrected chi connectivity index (χ0v) is 18.3. The molecule has 10 nitrogen and oxygen atoms in total. The molecule has 0 aliphatic carbocycles. The number of piperidine rings is 1. The van der Waals surface area contributed by atoms with Crippen molar-refractivity contribution in [2.24, 2.45) is 0 Å². The molecule has 0 aromatic heterocycles. The Balaban J connectivity index is 1.49. The number of aromatic carboxylic acids is 2. The minimum atomic E-state index is -3.94. The van der Waals surface area contributed by atoms with Crippen molar-refractivity contribution in [3.05, 3.63) is 65.2 Å². The summed E-state index contributed by atoms with van der Waals surface area (Å²) in [6.07, 6.45) is 0.552. The van der Waals surface area contributed by atoms with Crippen LogP contribution < -0.4 is 0 Å². The molecule has 2 N–H and O–H groups in total. The maximum absolute atomic E-state index is 13.3. The number of likely N-dealkylation sites (tertiary alicyclic amines) is 1. The lowest BCUT2D eigenvalue weighted by atomic mass is 9.99. The summed E-state index contributed by atoms with van der Waals surface area (Å²) >= 11 is 0. The molecular formula is C22H22N2O8S. The van der Waals surface area contributed by atoms with Crippen LogP contribution >= 0.6 is 0 Å². The molecule has 2 heterocycles. The van der Waals surface area contributed by atoms with Gasteiger partial charge in [-0.25, -0.2) is 18.0 Å². The highest BCUT2D eigenvalue weighted by molar-refractivity contribution is 7.89. The van der Waals surface area contributed by atoms with Gasteiger partial charge in [-0.05, 0) is 48.5 Å². The standard InChI is InChI=1S/C22H22N2O8S/c25-19(15-1-3-16(4-2-15)20(26)27)23-11-9-22(10-12-23)24(13-14-32-22)33(30,31)18-7-5-17(6-8-18)21(28)29/h1-8H,9-14H2,(H,26,27)(H,28,29). The summed E-state index contributed by atoms with van der Waals surface area (Å²) in [4.78, 5) is 36.5. The third-order valence-corrected chi connectivity index (χ3v) is 7.98. The predicted octanol–water partition coefficient (Wildman–Crippen LogP) is 1.74. The summed E-state index contributed by atoms with van der Waals surface area (Å²) in [7, 11) is -3.94. The lowest BCUT2D eigenvalue weighted by Crippen LogP contribution is -2.55. The number of benzene rings is 2. The Labute approximate surface area is 190 Å². The van der Waals surface area contributed by atoms with E-state index in [1.807, 2.05) is 0 Å². The van der Waals surface area contributed by atoms with E-state index in [0.29, 0.717) is 5.56 Å². The highest BCUT2D eigenvalue weighted by atomic mass is 32.2. The van der Waals surface area contributed by atoms with E-state index in [4.69, 9.17) is 14.9 Å². The number of hydrogen-bond donors (Lipinski definition) is 2. The van der Waals surface area contributed by atoms with Gasteiger partial charge in [0.05, 0.1) is 22.6 Å². The first-order valence-corrected chi connectivity index (χ1v) is 11.7. The molecule has 1 amide bonds. The third-order valence-electron chi connectivity index (χ3n) is 6.02. The number of carboxylic acid groups (broad SMARTS) is 2. The van der Waals surface area contributed by atoms with Gasteiger partial charge in [0.25, 0.3) is 5.91 Å². The monoisotopic (exact) mass is 474 g/mol. The molecule has 2 fully saturated rings. The number of nitrogens with zero attached hydrogens (tertiary/aromatic N) is 2. The number of ether oxygens (including phenoxy) is 1. The molecular weight excluding hydrogens is 452 g/mol. The smallest absolute Gasteiger partial charge is 0.335 e. The normalized spacial score (nSPS) is 18.4. The summed E-state index contributed by atoms with van der Waals surface area (Å²) in [6, 6.07) is 10.7. The summed E-state index contributed by atoms with van der Waals surface area (Å²) in [5.41, 5.74) is -0.648. The fourth-order valence-electron chi connectivity index (χ4n) is 4.22. The number of sulfonamides is 1. The van der Waals surface area contributed by atoms with Gasteiger partial charge in [-0.3, -0.25) is 4.79 Å². The van der Waals surface area contributed by atoms with Gasteiger partial charge in [0.1, 0.15) is 5.72 Å². The molecule has 11 heteroatoms. The van der Waals surface area contributed by atoms with Crippen molar-refractivity contribution < 1.29 is 37.8 Å². The average Bonchev–Trinajstić information content (AvgIpc) is 3.23. The molecule has 174 valence electrons. The van der Waals surface area contributed by atoms with E-state index >= 15 is 0 Å². The van der Waals surface area contributed by atoms with Gasteiger partial charge in [-0.1, -0.05) is 0 Å². The van der Waals surface area contributed by atoms with Gasteiger partial charge in [0, 0.05) is 38.0 Å². The van der Waals surface area contributed by atoms with Crippen molar-refractivity contribution >= 4 is 27.9 Å². The zero-order chi connectivity index (χ0) is 23.8. The predicted molar refractivity (Wildman–Crippen MR) is 115 cm³/mol. The van der Waals surface area contributed by atoms with E-state index in [9.17, 15) is 22.8 Å². The van der Waals surface area contributed by atoms with Crippen LogP contribution in [0.2, 0.25) is 0 Å². The van der Waals surface area contributed by atoms with Crippen molar-refractivity contribution in [3.8, 4) is 0 Å². The first kappa shape index (κ1) is 22.9. The van der Waals surface area contributed by atoms with Gasteiger partial charge >= 0.3 is 11.9 Å². The van der Waals surface area contributed by atoms with E-state index in [0.717, 1.165) is 0 Å². The second-order valence-corrected chi connectivity index (χ2v) is 9.74. The summed E-state index contributed by atoms with van der Waals surface area (Å²) in [5.74, 6) is -2.49. The number of carbonyl (C=O) groups excluding carboxylic acids is 1. The molecule has 2 aliphatic heterocycles. The molecule has 2 aromatic carbocycles. The van der Waals surface area contributed by atoms with Gasteiger partial charge in [-0.15, -0.1) is 0 Å². The van der Waals surface area contributed by atoms with E-state index < -0.39 is 27.7 Å². The van der Waals surface area contributed by atoms with Crippen molar-refractivity contribution in [2.45, 2.75) is 23.5 Å². The zero-order valence-electron chi connectivity index (χ0n) is 17.5. The lowest BCUT2D eigenvalue weighted by Gasteiger charge is -2.42. The first-order valence-electron chi connectivity index (χ1n) is 10.3. The van der Waals surface area contributed by atoms with Crippen molar-refractivity contribution in [1.82, 2.24) is 9.21 Å². The second-order valence-electron chi connectivity index (χ2n) is 7.88. The average molecular weight is 474 g/mol. The Kier molecular flexibility index (Phi) is 5.95. The molecule has 0 bridgehead atoms. The molecule has 0 unspecified atom stereocenters. The van der Waals surface area contributed by atoms with Crippen LogP contribution in [0, 0.1) is 0 Å². The highest BCUT2D eigenvalue weighted by Gasteiger charge is 2.51. The minimum absolute atomic E-state index is 0.00968. The van der Waals surface area contributed by atoms with Crippen molar-refractivity contribution in [1.29, 1.82) is 0 Å². The quantitative estimate of drug-likeness (QED) is 0.667. The Bertz CT molecular complexity index is 1180. The van der Waals surface area contributed by atoms with Crippen LogP contribution in [0.5, 0.6) is 0 Å². The molecule has 2 saturated heterocycles. The van der Waals surface area contributed by atoms with Gasteiger partial charge < -0.3 is 19.8 Å². The molecule has 0 saturated carbocycles. The van der Waals surface area contributed by atoms with Crippen LogP contribution in [-0.2, 0) is 14.8 Å². The number of rotatable bonds is 5. The topological polar surface area (TPSA) is 142 Å². The third kappa shape index (κ3) is 4.22. The van der Waals surface area contributed by atoms with Crippen molar-refractivity contribution in [2.75, 3.05) is 26.2 Å². The molecule has 4 rings (SSSR count). The maximum Gasteiger partial charge on any atom is 0.335 e. The first-order chi connectivity index (χ1) is 15.6. The van der Waals surface area contributed by atoms with E-state index in [-0.39, 0.29) is 61.0 Å². The molecule has 2 aromatic rings.